The normalized spacial score (nSPS) is 12.9. The molecule has 1 amide bonds. The number of carboxylic acids is 1. The van der Waals surface area contributed by atoms with Crippen LogP contribution in [0.3, 0.4) is 0 Å². The van der Waals surface area contributed by atoms with Gasteiger partial charge in [-0.1, -0.05) is 96.9 Å². The fraction of sp³-hybridized carbons (Fsp3) is 0.257. The van der Waals surface area contributed by atoms with E-state index in [9.17, 15) is 14.7 Å². The summed E-state index contributed by atoms with van der Waals surface area (Å²) in [6, 6.07) is 28.6. The maximum absolute atomic E-state index is 14.3. The molecular weight excluding hydrogens is 595 g/mol. The highest BCUT2D eigenvalue weighted by Gasteiger charge is 2.31. The zero-order valence-electron chi connectivity index (χ0n) is 24.8. The second-order valence-corrected chi connectivity index (χ2v) is 11.9. The quantitative estimate of drug-likeness (QED) is 0.136. The SMILES string of the molecule is CCN(N[C@@H](CC(=O)O)Cn1ccc2ccccc21)[C@@H](Cc1cccc2ccccc12)C(=O)N(C)Cc1ccc(Cl)c(Cl)c1. The number of carbonyl (C=O) groups excluding carboxylic acids is 1. The lowest BCUT2D eigenvalue weighted by molar-refractivity contribution is -0.139. The first-order chi connectivity index (χ1) is 21.2. The van der Waals surface area contributed by atoms with Crippen LogP contribution in [0, 0.1) is 0 Å². The number of halogens is 2. The Morgan fingerprint density at radius 1 is 0.909 bits per heavy atom. The van der Waals surface area contributed by atoms with Crippen LogP contribution in [0.5, 0.6) is 0 Å². The molecule has 2 N–H and O–H groups in total. The molecule has 0 fully saturated rings. The molecular formula is C35H36Cl2N4O3. The van der Waals surface area contributed by atoms with Crippen LogP contribution in [-0.4, -0.2) is 57.1 Å². The number of carbonyl (C=O) groups is 2. The number of aliphatic carboxylic acids is 1. The lowest BCUT2D eigenvalue weighted by atomic mass is 9.97. The third kappa shape index (κ3) is 7.42. The van der Waals surface area contributed by atoms with Gasteiger partial charge in [-0.05, 0) is 58.0 Å². The Morgan fingerprint density at radius 2 is 1.64 bits per heavy atom. The molecule has 2 atom stereocenters. The third-order valence-corrected chi connectivity index (χ3v) is 8.68. The zero-order chi connectivity index (χ0) is 31.2. The van der Waals surface area contributed by atoms with Crippen LogP contribution >= 0.6 is 23.2 Å². The van der Waals surface area contributed by atoms with Crippen LogP contribution in [0.25, 0.3) is 21.7 Å². The molecule has 4 aromatic carbocycles. The second-order valence-electron chi connectivity index (χ2n) is 11.0. The Labute approximate surface area is 267 Å². The van der Waals surface area contributed by atoms with Crippen LogP contribution in [0.4, 0.5) is 0 Å². The summed E-state index contributed by atoms with van der Waals surface area (Å²) in [4.78, 5) is 28.0. The summed E-state index contributed by atoms with van der Waals surface area (Å²) < 4.78 is 2.06. The van der Waals surface area contributed by atoms with Gasteiger partial charge < -0.3 is 14.6 Å². The first-order valence-corrected chi connectivity index (χ1v) is 15.4. The molecule has 44 heavy (non-hydrogen) atoms. The molecule has 0 aliphatic rings. The van der Waals surface area contributed by atoms with Gasteiger partial charge in [0.15, 0.2) is 0 Å². The summed E-state index contributed by atoms with van der Waals surface area (Å²) >= 11 is 12.4. The fourth-order valence-electron chi connectivity index (χ4n) is 5.79. The van der Waals surface area contributed by atoms with E-state index >= 15 is 0 Å². The summed E-state index contributed by atoms with van der Waals surface area (Å²) in [6.45, 7) is 3.21. The van der Waals surface area contributed by atoms with Crippen molar-refractivity contribution in [1.82, 2.24) is 19.9 Å². The lowest BCUT2D eigenvalue weighted by Gasteiger charge is -2.36. The highest BCUT2D eigenvalue weighted by molar-refractivity contribution is 6.42. The molecule has 0 aliphatic heterocycles. The van der Waals surface area contributed by atoms with Crippen LogP contribution < -0.4 is 5.43 Å². The van der Waals surface area contributed by atoms with Gasteiger partial charge in [-0.15, -0.1) is 0 Å². The Balaban J connectivity index is 1.46. The molecule has 0 unspecified atom stereocenters. The van der Waals surface area contributed by atoms with Crippen LogP contribution in [0.15, 0.2) is 97.2 Å². The number of carboxylic acid groups (broad SMARTS) is 1. The summed E-state index contributed by atoms with van der Waals surface area (Å²) in [5.41, 5.74) is 6.39. The number of amides is 1. The monoisotopic (exact) mass is 630 g/mol. The van der Waals surface area contributed by atoms with Crippen molar-refractivity contribution in [1.29, 1.82) is 0 Å². The van der Waals surface area contributed by atoms with Gasteiger partial charge in [0.1, 0.15) is 6.04 Å². The number of nitrogens with zero attached hydrogens (tertiary/aromatic N) is 3. The Hall–Kier alpha value is -3.88. The fourth-order valence-corrected chi connectivity index (χ4v) is 6.11. The second kappa shape index (κ2) is 14.3. The number of hydrogen-bond donors (Lipinski definition) is 2. The van der Waals surface area contributed by atoms with Crippen molar-refractivity contribution >= 4 is 56.8 Å². The minimum absolute atomic E-state index is 0.0983. The predicted molar refractivity (Wildman–Crippen MR) is 178 cm³/mol. The lowest BCUT2D eigenvalue weighted by Crippen LogP contribution is -2.57. The Bertz CT molecular complexity index is 1770. The van der Waals surface area contributed by atoms with E-state index in [2.05, 4.69) is 34.3 Å². The number of benzene rings is 4. The van der Waals surface area contributed by atoms with E-state index < -0.39 is 18.1 Å². The van der Waals surface area contributed by atoms with Gasteiger partial charge >= 0.3 is 5.97 Å². The molecule has 0 aliphatic carbocycles. The number of nitrogens with one attached hydrogen (secondary N) is 1. The molecule has 5 aromatic rings. The zero-order valence-corrected chi connectivity index (χ0v) is 26.3. The number of para-hydroxylation sites is 1. The molecule has 7 nitrogen and oxygen atoms in total. The van der Waals surface area contributed by atoms with Crippen LogP contribution in [0.2, 0.25) is 10.0 Å². The van der Waals surface area contributed by atoms with Crippen LogP contribution in [0.1, 0.15) is 24.5 Å². The number of hydrogen-bond acceptors (Lipinski definition) is 4. The average molecular weight is 632 g/mol. The van der Waals surface area contributed by atoms with Crippen molar-refractivity contribution in [3.63, 3.8) is 0 Å². The van der Waals surface area contributed by atoms with Gasteiger partial charge in [0.25, 0.3) is 0 Å². The topological polar surface area (TPSA) is 77.8 Å². The van der Waals surface area contributed by atoms with Gasteiger partial charge in [0, 0.05) is 44.4 Å². The Kier molecular flexibility index (Phi) is 10.2. The van der Waals surface area contributed by atoms with Crippen molar-refractivity contribution in [3.05, 3.63) is 118 Å². The molecule has 0 radical (unpaired) electrons. The van der Waals surface area contributed by atoms with Gasteiger partial charge in [-0.3, -0.25) is 9.59 Å². The molecule has 0 saturated heterocycles. The Morgan fingerprint density at radius 3 is 2.39 bits per heavy atom. The minimum Gasteiger partial charge on any atom is -0.481 e. The molecule has 1 aromatic heterocycles. The van der Waals surface area contributed by atoms with E-state index in [1.54, 1.807) is 24.1 Å². The third-order valence-electron chi connectivity index (χ3n) is 7.94. The highest BCUT2D eigenvalue weighted by Crippen LogP contribution is 2.25. The van der Waals surface area contributed by atoms with E-state index in [-0.39, 0.29) is 12.3 Å². The maximum atomic E-state index is 14.3. The smallest absolute Gasteiger partial charge is 0.305 e. The van der Waals surface area contributed by atoms with E-state index in [4.69, 9.17) is 23.2 Å². The summed E-state index contributed by atoms with van der Waals surface area (Å²) in [5, 5.41) is 15.9. The first-order valence-electron chi connectivity index (χ1n) is 14.7. The highest BCUT2D eigenvalue weighted by atomic mass is 35.5. The largest absolute Gasteiger partial charge is 0.481 e. The molecule has 1 heterocycles. The summed E-state index contributed by atoms with van der Waals surface area (Å²) in [6.07, 6.45) is 2.29. The van der Waals surface area contributed by atoms with Crippen molar-refractivity contribution in [3.8, 4) is 0 Å². The number of hydrazine groups is 1. The number of rotatable bonds is 13. The summed E-state index contributed by atoms with van der Waals surface area (Å²) in [7, 11) is 1.77. The first kappa shape index (κ1) is 31.5. The van der Waals surface area contributed by atoms with Crippen LogP contribution in [-0.2, 0) is 29.1 Å². The van der Waals surface area contributed by atoms with E-state index in [1.807, 2.05) is 72.7 Å². The van der Waals surface area contributed by atoms with Crippen molar-refractivity contribution in [2.24, 2.45) is 0 Å². The molecule has 9 heteroatoms. The van der Waals surface area contributed by atoms with Crippen molar-refractivity contribution < 1.29 is 14.7 Å². The van der Waals surface area contributed by atoms with Crippen molar-refractivity contribution in [2.45, 2.75) is 44.9 Å². The molecule has 228 valence electrons. The predicted octanol–water partition coefficient (Wildman–Crippen LogP) is 7.04. The average Bonchev–Trinajstić information content (AvgIpc) is 3.42. The van der Waals surface area contributed by atoms with E-state index in [0.717, 1.165) is 32.8 Å². The van der Waals surface area contributed by atoms with Gasteiger partial charge in [-0.25, -0.2) is 10.4 Å². The molecule has 5 rings (SSSR count). The number of fused-ring (bicyclic) bond motifs is 2. The molecule has 0 saturated carbocycles. The number of likely N-dealkylation sites (N-methyl/N-ethyl adjacent to an activating group) is 2. The van der Waals surface area contributed by atoms with E-state index in [1.165, 1.54) is 0 Å². The number of aromatic nitrogens is 1. The van der Waals surface area contributed by atoms with Gasteiger partial charge in [0.05, 0.1) is 16.5 Å². The van der Waals surface area contributed by atoms with Crippen molar-refractivity contribution in [2.75, 3.05) is 13.6 Å². The van der Waals surface area contributed by atoms with Gasteiger partial charge in [0.2, 0.25) is 5.91 Å². The molecule has 0 bridgehead atoms. The van der Waals surface area contributed by atoms with Gasteiger partial charge in [-0.2, -0.15) is 0 Å². The maximum Gasteiger partial charge on any atom is 0.305 e. The summed E-state index contributed by atoms with van der Waals surface area (Å²) in [5.74, 6) is -1.01. The standard InChI is InChI=1S/C35H36Cl2N4O3/c1-3-41(38-28(21-34(42)43)23-40-18-17-26-10-5-7-14-32(26)40)33(20-27-12-8-11-25-9-4-6-13-29(25)27)35(44)39(2)22-24-15-16-30(36)31(37)19-24/h4-19,28,33,38H,3,20-23H2,1-2H3,(H,42,43)/t28-,33-/m0/s1. The van der Waals surface area contributed by atoms with E-state index in [0.29, 0.717) is 36.1 Å². The molecule has 0 spiro atoms. The minimum atomic E-state index is -0.913.